The van der Waals surface area contributed by atoms with Crippen molar-refractivity contribution in [2.45, 2.75) is 51.1 Å². The molecule has 0 aliphatic carbocycles. The third kappa shape index (κ3) is 8.32. The summed E-state index contributed by atoms with van der Waals surface area (Å²) in [6, 6.07) is 31.6. The van der Waals surface area contributed by atoms with Gasteiger partial charge >= 0.3 is 0 Å². The zero-order chi connectivity index (χ0) is 30.8. The van der Waals surface area contributed by atoms with Gasteiger partial charge in [-0.2, -0.15) is 0 Å². The highest BCUT2D eigenvalue weighted by Crippen LogP contribution is 2.26. The number of carbonyl (C=O) groups is 2. The van der Waals surface area contributed by atoms with Crippen LogP contribution in [0.15, 0.2) is 114 Å². The molecule has 0 aliphatic heterocycles. The Bertz CT molecular complexity index is 1630. The van der Waals surface area contributed by atoms with Crippen molar-refractivity contribution < 1.29 is 18.0 Å². The largest absolute Gasteiger partial charge is 0.354 e. The van der Waals surface area contributed by atoms with Crippen LogP contribution in [0.25, 0.3) is 0 Å². The van der Waals surface area contributed by atoms with Crippen LogP contribution in [0.5, 0.6) is 0 Å². The van der Waals surface area contributed by atoms with Crippen LogP contribution >= 0.6 is 0 Å². The molecule has 0 fully saturated rings. The van der Waals surface area contributed by atoms with Crippen molar-refractivity contribution in [3.8, 4) is 0 Å². The number of aryl methyl sites for hydroxylation is 2. The maximum absolute atomic E-state index is 14.4. The molecule has 0 spiro atoms. The third-order valence-corrected chi connectivity index (χ3v) is 8.94. The van der Waals surface area contributed by atoms with E-state index in [1.54, 1.807) is 36.4 Å². The van der Waals surface area contributed by atoms with Crippen molar-refractivity contribution in [1.82, 2.24) is 10.2 Å². The number of hydrogen-bond donors (Lipinski definition) is 1. The Hall–Kier alpha value is -4.43. The van der Waals surface area contributed by atoms with Crippen molar-refractivity contribution >= 4 is 27.5 Å². The van der Waals surface area contributed by atoms with E-state index in [1.165, 1.54) is 17.0 Å². The van der Waals surface area contributed by atoms with Gasteiger partial charge < -0.3 is 10.2 Å². The van der Waals surface area contributed by atoms with Crippen molar-refractivity contribution in [3.63, 3.8) is 0 Å². The minimum Gasteiger partial charge on any atom is -0.354 e. The van der Waals surface area contributed by atoms with Gasteiger partial charge in [0.1, 0.15) is 12.6 Å². The van der Waals surface area contributed by atoms with Gasteiger partial charge in [-0.1, -0.05) is 97.4 Å². The fourth-order valence-corrected chi connectivity index (χ4v) is 6.39. The molecule has 2 amide bonds. The first-order chi connectivity index (χ1) is 20.7. The van der Waals surface area contributed by atoms with Crippen molar-refractivity contribution in [3.05, 3.63) is 131 Å². The number of rotatable bonds is 13. The highest BCUT2D eigenvalue weighted by Gasteiger charge is 2.34. The second kappa shape index (κ2) is 14.6. The number of hydrogen-bond acceptors (Lipinski definition) is 4. The van der Waals surface area contributed by atoms with Crippen LogP contribution in [0.4, 0.5) is 5.69 Å². The van der Waals surface area contributed by atoms with E-state index < -0.39 is 28.5 Å². The molecule has 0 radical (unpaired) electrons. The van der Waals surface area contributed by atoms with Gasteiger partial charge in [-0.15, -0.1) is 0 Å². The number of amides is 2. The molecule has 43 heavy (non-hydrogen) atoms. The zero-order valence-corrected chi connectivity index (χ0v) is 25.8. The van der Waals surface area contributed by atoms with Crippen molar-refractivity contribution in [1.29, 1.82) is 0 Å². The standard InChI is InChI=1S/C35H39N3O4S/c1-4-21-36-35(40)33(24-29-15-7-5-8-16-29)37(25-30-17-11-13-27(2)22-30)34(39)26-38(31-18-12-14-28(3)23-31)43(41,42)32-19-9-6-10-20-32/h5-20,22-23,33H,4,21,24-26H2,1-3H3,(H,36,40). The van der Waals surface area contributed by atoms with Gasteiger partial charge in [-0.3, -0.25) is 13.9 Å². The SMILES string of the molecule is CCCNC(=O)C(Cc1ccccc1)N(Cc1cccc(C)c1)C(=O)CN(c1cccc(C)c1)S(=O)(=O)c1ccccc1. The smallest absolute Gasteiger partial charge is 0.264 e. The molecule has 0 saturated heterocycles. The lowest BCUT2D eigenvalue weighted by Crippen LogP contribution is -2.53. The fourth-order valence-electron chi connectivity index (χ4n) is 4.96. The van der Waals surface area contributed by atoms with E-state index in [9.17, 15) is 18.0 Å². The number of nitrogens with zero attached hydrogens (tertiary/aromatic N) is 2. The molecule has 4 aromatic carbocycles. The third-order valence-electron chi connectivity index (χ3n) is 7.16. The minimum atomic E-state index is -4.11. The summed E-state index contributed by atoms with van der Waals surface area (Å²) in [5.74, 6) is -0.755. The number of carbonyl (C=O) groups excluding carboxylic acids is 2. The van der Waals surface area contributed by atoms with E-state index in [0.717, 1.165) is 33.0 Å². The molecular formula is C35H39N3O4S. The maximum Gasteiger partial charge on any atom is 0.264 e. The molecule has 0 aromatic heterocycles. The van der Waals surface area contributed by atoms with Gasteiger partial charge in [-0.25, -0.2) is 8.42 Å². The molecule has 0 saturated carbocycles. The number of sulfonamides is 1. The summed E-state index contributed by atoms with van der Waals surface area (Å²) in [5.41, 5.74) is 4.00. The molecule has 4 rings (SSSR count). The summed E-state index contributed by atoms with van der Waals surface area (Å²) in [5, 5.41) is 2.97. The Morgan fingerprint density at radius 3 is 2.00 bits per heavy atom. The van der Waals surface area contributed by atoms with Gasteiger partial charge in [0.25, 0.3) is 10.0 Å². The zero-order valence-electron chi connectivity index (χ0n) is 24.9. The summed E-state index contributed by atoms with van der Waals surface area (Å²) >= 11 is 0. The number of nitrogens with one attached hydrogen (secondary N) is 1. The minimum absolute atomic E-state index is 0.0797. The van der Waals surface area contributed by atoms with Crippen LogP contribution < -0.4 is 9.62 Å². The van der Waals surface area contributed by atoms with Crippen LogP contribution in [0.1, 0.15) is 35.6 Å². The summed E-state index contributed by atoms with van der Waals surface area (Å²) in [4.78, 5) is 29.7. The Balaban J connectivity index is 1.79. The second-order valence-electron chi connectivity index (χ2n) is 10.7. The van der Waals surface area contributed by atoms with E-state index in [0.29, 0.717) is 12.2 Å². The first kappa shape index (κ1) is 31.5. The number of anilines is 1. The van der Waals surface area contributed by atoms with Gasteiger partial charge in [0, 0.05) is 19.5 Å². The monoisotopic (exact) mass is 597 g/mol. The van der Waals surface area contributed by atoms with E-state index in [-0.39, 0.29) is 23.8 Å². The second-order valence-corrected chi connectivity index (χ2v) is 12.5. The van der Waals surface area contributed by atoms with Crippen LogP contribution in [0.2, 0.25) is 0 Å². The molecule has 1 N–H and O–H groups in total. The average Bonchev–Trinajstić information content (AvgIpc) is 3.01. The van der Waals surface area contributed by atoms with Crippen molar-refractivity contribution in [2.75, 3.05) is 17.4 Å². The summed E-state index contributed by atoms with van der Waals surface area (Å²) in [7, 11) is -4.11. The van der Waals surface area contributed by atoms with Crippen LogP contribution in [0, 0.1) is 13.8 Å². The quantitative estimate of drug-likeness (QED) is 0.215. The summed E-state index contributed by atoms with van der Waals surface area (Å²) < 4.78 is 29.2. The lowest BCUT2D eigenvalue weighted by molar-refractivity contribution is -0.140. The van der Waals surface area contributed by atoms with E-state index in [4.69, 9.17) is 0 Å². The van der Waals surface area contributed by atoms with Gasteiger partial charge in [0.15, 0.2) is 0 Å². The molecule has 8 heteroatoms. The molecular weight excluding hydrogens is 558 g/mol. The van der Waals surface area contributed by atoms with Crippen LogP contribution in [-0.2, 0) is 32.6 Å². The molecule has 0 bridgehead atoms. The fraction of sp³-hybridized carbons (Fsp3) is 0.257. The Kier molecular flexibility index (Phi) is 10.7. The first-order valence-electron chi connectivity index (χ1n) is 14.5. The predicted molar refractivity (Wildman–Crippen MR) is 171 cm³/mol. The molecule has 1 unspecified atom stereocenters. The van der Waals surface area contributed by atoms with Crippen LogP contribution in [0.3, 0.4) is 0 Å². The Labute approximate surface area is 255 Å². The highest BCUT2D eigenvalue weighted by atomic mass is 32.2. The van der Waals surface area contributed by atoms with Crippen LogP contribution in [-0.4, -0.2) is 44.3 Å². The first-order valence-corrected chi connectivity index (χ1v) is 15.9. The summed E-state index contributed by atoms with van der Waals surface area (Å²) in [6.07, 6.45) is 1.02. The molecule has 4 aromatic rings. The average molecular weight is 598 g/mol. The molecule has 0 heterocycles. The van der Waals surface area contributed by atoms with E-state index >= 15 is 0 Å². The normalized spacial score (nSPS) is 11.9. The summed E-state index contributed by atoms with van der Waals surface area (Å²) in [6.45, 7) is 5.95. The van der Waals surface area contributed by atoms with Crippen molar-refractivity contribution in [2.24, 2.45) is 0 Å². The van der Waals surface area contributed by atoms with Gasteiger partial charge in [0.05, 0.1) is 10.6 Å². The molecule has 1 atom stereocenters. The lowest BCUT2D eigenvalue weighted by Gasteiger charge is -2.34. The lowest BCUT2D eigenvalue weighted by atomic mass is 10.0. The highest BCUT2D eigenvalue weighted by molar-refractivity contribution is 7.92. The molecule has 0 aliphatic rings. The molecule has 224 valence electrons. The topological polar surface area (TPSA) is 86.8 Å². The van der Waals surface area contributed by atoms with E-state index in [1.807, 2.05) is 81.4 Å². The van der Waals surface area contributed by atoms with Gasteiger partial charge in [0.2, 0.25) is 11.8 Å². The molecule has 7 nitrogen and oxygen atoms in total. The Morgan fingerprint density at radius 2 is 1.37 bits per heavy atom. The predicted octanol–water partition coefficient (Wildman–Crippen LogP) is 5.67. The van der Waals surface area contributed by atoms with Gasteiger partial charge in [-0.05, 0) is 61.2 Å². The maximum atomic E-state index is 14.4. The van der Waals surface area contributed by atoms with E-state index in [2.05, 4.69) is 5.32 Å². The Morgan fingerprint density at radius 1 is 0.767 bits per heavy atom. The number of benzene rings is 4.